The quantitative estimate of drug-likeness (QED) is 0.890. The first kappa shape index (κ1) is 17.7. The summed E-state index contributed by atoms with van der Waals surface area (Å²) in [5, 5.41) is 7.78. The number of hydrogen-bond donors (Lipinski definition) is 1. The lowest BCUT2D eigenvalue weighted by Crippen LogP contribution is -2.27. The van der Waals surface area contributed by atoms with E-state index < -0.39 is 0 Å². The van der Waals surface area contributed by atoms with E-state index in [-0.39, 0.29) is 16.9 Å². The van der Waals surface area contributed by atoms with Crippen molar-refractivity contribution in [3.63, 3.8) is 0 Å². The number of hydrogen-bond acceptors (Lipinski definition) is 3. The summed E-state index contributed by atoms with van der Waals surface area (Å²) in [6.45, 7) is 13.8. The molecular weight excluding hydrogens is 314 g/mol. The second-order valence-electron chi connectivity index (χ2n) is 8.68. The first-order valence-electron chi connectivity index (χ1n) is 8.67. The topological polar surface area (TPSA) is 56.1 Å². The number of nitrogens with one attached hydrogen (secondary N) is 1. The number of fused-ring (bicyclic) bond motifs is 1. The summed E-state index contributed by atoms with van der Waals surface area (Å²) in [4.78, 5) is 12.8. The van der Waals surface area contributed by atoms with Gasteiger partial charge in [-0.15, -0.1) is 0 Å². The van der Waals surface area contributed by atoms with Crippen molar-refractivity contribution in [2.45, 2.75) is 65.7 Å². The second kappa shape index (κ2) is 5.99. The van der Waals surface area contributed by atoms with Crippen molar-refractivity contribution in [3.05, 3.63) is 46.6 Å². The normalized spacial score (nSPS) is 14.5. The Morgan fingerprint density at radius 3 is 2.40 bits per heavy atom. The van der Waals surface area contributed by atoms with Crippen molar-refractivity contribution in [1.82, 2.24) is 9.78 Å². The van der Waals surface area contributed by atoms with Gasteiger partial charge in [-0.3, -0.25) is 4.79 Å². The molecule has 2 aromatic rings. The zero-order valence-corrected chi connectivity index (χ0v) is 15.9. The standard InChI is InChI=1S/C20H27N3O2/c1-19(2,3)16-10-17(23(22-16)20(4,5)6)21-18(24)13-7-8-14-11-25-12-15(14)9-13/h7-10H,11-12H2,1-6H3,(H,21,24). The van der Waals surface area contributed by atoms with Gasteiger partial charge in [0.25, 0.3) is 5.91 Å². The Morgan fingerprint density at radius 1 is 1.08 bits per heavy atom. The summed E-state index contributed by atoms with van der Waals surface area (Å²) in [6, 6.07) is 7.71. The maximum Gasteiger partial charge on any atom is 0.256 e. The smallest absolute Gasteiger partial charge is 0.256 e. The van der Waals surface area contributed by atoms with Gasteiger partial charge in [0.05, 0.1) is 24.4 Å². The Labute approximate surface area is 149 Å². The van der Waals surface area contributed by atoms with E-state index in [0.29, 0.717) is 18.8 Å². The van der Waals surface area contributed by atoms with Crippen LogP contribution in [0, 0.1) is 0 Å². The van der Waals surface area contributed by atoms with Crippen LogP contribution in [0.1, 0.15) is 68.7 Å². The molecular formula is C20H27N3O2. The van der Waals surface area contributed by atoms with Crippen LogP contribution in [0.3, 0.4) is 0 Å². The van der Waals surface area contributed by atoms with E-state index in [9.17, 15) is 4.79 Å². The lowest BCUT2D eigenvalue weighted by atomic mass is 9.92. The van der Waals surface area contributed by atoms with Crippen LogP contribution >= 0.6 is 0 Å². The molecule has 5 heteroatoms. The molecule has 0 spiro atoms. The van der Waals surface area contributed by atoms with Crippen molar-refractivity contribution in [2.75, 3.05) is 5.32 Å². The monoisotopic (exact) mass is 341 g/mol. The van der Waals surface area contributed by atoms with Crippen LogP contribution in [0.5, 0.6) is 0 Å². The number of aromatic nitrogens is 2. The molecule has 1 aliphatic rings. The summed E-state index contributed by atoms with van der Waals surface area (Å²) in [5.74, 6) is 0.597. The van der Waals surface area contributed by atoms with Crippen molar-refractivity contribution in [1.29, 1.82) is 0 Å². The van der Waals surface area contributed by atoms with E-state index in [1.807, 2.05) is 28.9 Å². The summed E-state index contributed by atoms with van der Waals surface area (Å²) in [5.41, 5.74) is 3.54. The molecule has 0 atom stereocenters. The summed E-state index contributed by atoms with van der Waals surface area (Å²) in [7, 11) is 0. The van der Waals surface area contributed by atoms with E-state index in [4.69, 9.17) is 9.84 Å². The van der Waals surface area contributed by atoms with E-state index in [1.165, 1.54) is 0 Å². The Kier molecular flexibility index (Phi) is 4.23. The van der Waals surface area contributed by atoms with Gasteiger partial charge in [0.1, 0.15) is 5.82 Å². The molecule has 1 aliphatic heterocycles. The molecule has 1 aromatic carbocycles. The zero-order chi connectivity index (χ0) is 18.4. The Hall–Kier alpha value is -2.14. The third kappa shape index (κ3) is 3.61. The average molecular weight is 341 g/mol. The number of amides is 1. The first-order valence-corrected chi connectivity index (χ1v) is 8.67. The van der Waals surface area contributed by atoms with Crippen molar-refractivity contribution >= 4 is 11.7 Å². The number of ether oxygens (including phenoxy) is 1. The van der Waals surface area contributed by atoms with Gasteiger partial charge in [0.2, 0.25) is 0 Å². The molecule has 134 valence electrons. The van der Waals surface area contributed by atoms with Crippen LogP contribution in [-0.4, -0.2) is 15.7 Å². The molecule has 1 aromatic heterocycles. The second-order valence-corrected chi connectivity index (χ2v) is 8.68. The van der Waals surface area contributed by atoms with E-state index in [0.717, 1.165) is 22.6 Å². The van der Waals surface area contributed by atoms with Gasteiger partial charge in [0.15, 0.2) is 0 Å². The third-order valence-corrected chi connectivity index (χ3v) is 4.34. The average Bonchev–Trinajstić information content (AvgIpc) is 3.11. The van der Waals surface area contributed by atoms with Crippen LogP contribution in [0.2, 0.25) is 0 Å². The highest BCUT2D eigenvalue weighted by Gasteiger charge is 2.26. The van der Waals surface area contributed by atoms with E-state index >= 15 is 0 Å². The number of nitrogens with zero attached hydrogens (tertiary/aromatic N) is 2. The lowest BCUT2D eigenvalue weighted by Gasteiger charge is -2.23. The molecule has 0 saturated carbocycles. The molecule has 3 rings (SSSR count). The summed E-state index contributed by atoms with van der Waals surface area (Å²) in [6.07, 6.45) is 0. The van der Waals surface area contributed by atoms with Gasteiger partial charge in [-0.25, -0.2) is 4.68 Å². The fourth-order valence-corrected chi connectivity index (χ4v) is 2.85. The molecule has 1 N–H and O–H groups in total. The fourth-order valence-electron chi connectivity index (χ4n) is 2.85. The zero-order valence-electron chi connectivity index (χ0n) is 15.9. The van der Waals surface area contributed by atoms with Gasteiger partial charge < -0.3 is 10.1 Å². The highest BCUT2D eigenvalue weighted by Crippen LogP contribution is 2.29. The summed E-state index contributed by atoms with van der Waals surface area (Å²) < 4.78 is 7.32. The van der Waals surface area contributed by atoms with Crippen LogP contribution in [0.4, 0.5) is 5.82 Å². The molecule has 0 saturated heterocycles. The van der Waals surface area contributed by atoms with Crippen LogP contribution in [0.25, 0.3) is 0 Å². The lowest BCUT2D eigenvalue weighted by molar-refractivity contribution is 0.102. The van der Waals surface area contributed by atoms with Gasteiger partial charge in [0, 0.05) is 17.0 Å². The highest BCUT2D eigenvalue weighted by molar-refractivity contribution is 6.04. The number of carbonyl (C=O) groups is 1. The van der Waals surface area contributed by atoms with Crippen LogP contribution < -0.4 is 5.32 Å². The predicted molar refractivity (Wildman–Crippen MR) is 98.8 cm³/mol. The van der Waals surface area contributed by atoms with E-state index in [1.54, 1.807) is 0 Å². The number of carbonyl (C=O) groups excluding carboxylic acids is 1. The van der Waals surface area contributed by atoms with Gasteiger partial charge in [-0.2, -0.15) is 5.10 Å². The number of rotatable bonds is 2. The molecule has 5 nitrogen and oxygen atoms in total. The van der Waals surface area contributed by atoms with Crippen LogP contribution in [-0.2, 0) is 28.9 Å². The maximum absolute atomic E-state index is 12.8. The van der Waals surface area contributed by atoms with Crippen molar-refractivity contribution in [2.24, 2.45) is 0 Å². The predicted octanol–water partition coefficient (Wildman–Crippen LogP) is 4.22. The molecule has 25 heavy (non-hydrogen) atoms. The molecule has 1 amide bonds. The van der Waals surface area contributed by atoms with Gasteiger partial charge >= 0.3 is 0 Å². The van der Waals surface area contributed by atoms with Gasteiger partial charge in [-0.1, -0.05) is 26.8 Å². The minimum absolute atomic E-state index is 0.0825. The Bertz CT molecular complexity index is 807. The number of benzene rings is 1. The number of anilines is 1. The highest BCUT2D eigenvalue weighted by atomic mass is 16.5. The molecule has 0 unspecified atom stereocenters. The third-order valence-electron chi connectivity index (χ3n) is 4.34. The fraction of sp³-hybridized carbons (Fsp3) is 0.500. The Morgan fingerprint density at radius 2 is 1.76 bits per heavy atom. The maximum atomic E-state index is 12.8. The van der Waals surface area contributed by atoms with Crippen molar-refractivity contribution in [3.8, 4) is 0 Å². The van der Waals surface area contributed by atoms with E-state index in [2.05, 4.69) is 46.9 Å². The minimum Gasteiger partial charge on any atom is -0.372 e. The summed E-state index contributed by atoms with van der Waals surface area (Å²) >= 11 is 0. The van der Waals surface area contributed by atoms with Gasteiger partial charge in [-0.05, 0) is 44.0 Å². The molecule has 0 fully saturated rings. The molecule has 2 heterocycles. The first-order chi connectivity index (χ1) is 11.6. The minimum atomic E-state index is -0.224. The van der Waals surface area contributed by atoms with Crippen molar-refractivity contribution < 1.29 is 9.53 Å². The molecule has 0 aliphatic carbocycles. The molecule has 0 radical (unpaired) electrons. The largest absolute Gasteiger partial charge is 0.372 e. The SMILES string of the molecule is CC(C)(C)c1cc(NC(=O)c2ccc3c(c2)COC3)n(C(C)(C)C)n1. The Balaban J connectivity index is 1.91. The van der Waals surface area contributed by atoms with Crippen LogP contribution in [0.15, 0.2) is 24.3 Å². The molecule has 0 bridgehead atoms.